The van der Waals surface area contributed by atoms with Crippen LogP contribution in [0.3, 0.4) is 0 Å². The Hall–Kier alpha value is -0.800. The summed E-state index contributed by atoms with van der Waals surface area (Å²) < 4.78 is 0. The molecule has 4 heteroatoms. The molecule has 1 aromatic rings. The maximum atomic E-state index is 5.83. The first-order chi connectivity index (χ1) is 6.65. The minimum absolute atomic E-state index is 0.369. The van der Waals surface area contributed by atoms with Crippen LogP contribution in [-0.2, 0) is 0 Å². The number of aryl methyl sites for hydroxylation is 1. The Morgan fingerprint density at radius 1 is 1.57 bits per heavy atom. The van der Waals surface area contributed by atoms with Crippen molar-refractivity contribution in [3.8, 4) is 0 Å². The number of pyridine rings is 1. The van der Waals surface area contributed by atoms with Gasteiger partial charge in [0, 0.05) is 12.1 Å². The van der Waals surface area contributed by atoms with Crippen molar-refractivity contribution in [2.75, 3.05) is 5.32 Å². The van der Waals surface area contributed by atoms with Crippen molar-refractivity contribution in [3.05, 3.63) is 23.0 Å². The fourth-order valence-corrected chi connectivity index (χ4v) is 1.76. The Morgan fingerprint density at radius 3 is 2.86 bits per heavy atom. The minimum atomic E-state index is 0.369. The Labute approximate surface area is 88.7 Å². The van der Waals surface area contributed by atoms with Crippen molar-refractivity contribution in [1.82, 2.24) is 4.98 Å². The molecule has 0 spiro atoms. The third-order valence-corrected chi connectivity index (χ3v) is 2.96. The lowest BCUT2D eigenvalue weighted by atomic mass is 9.87. The highest BCUT2D eigenvalue weighted by Crippen LogP contribution is 2.23. The van der Waals surface area contributed by atoms with Crippen LogP contribution in [0.25, 0.3) is 0 Å². The highest BCUT2D eigenvalue weighted by Gasteiger charge is 2.25. The molecule has 1 fully saturated rings. The van der Waals surface area contributed by atoms with Gasteiger partial charge in [0.05, 0.1) is 11.9 Å². The van der Waals surface area contributed by atoms with Crippen LogP contribution in [0, 0.1) is 6.92 Å². The van der Waals surface area contributed by atoms with E-state index in [1.165, 1.54) is 0 Å². The van der Waals surface area contributed by atoms with Gasteiger partial charge in [-0.2, -0.15) is 0 Å². The molecule has 0 unspecified atom stereocenters. The molecule has 1 heterocycles. The van der Waals surface area contributed by atoms with E-state index in [1.54, 1.807) is 6.20 Å². The molecule has 1 aliphatic carbocycles. The molecule has 1 aliphatic rings. The quantitative estimate of drug-likeness (QED) is 0.736. The van der Waals surface area contributed by atoms with Crippen molar-refractivity contribution in [2.24, 2.45) is 5.73 Å². The number of nitrogens with zero attached hydrogens (tertiary/aromatic N) is 1. The van der Waals surface area contributed by atoms with E-state index in [2.05, 4.69) is 10.3 Å². The maximum absolute atomic E-state index is 5.83. The molecule has 3 nitrogen and oxygen atoms in total. The number of nitrogens with two attached hydrogens (primary N) is 1. The van der Waals surface area contributed by atoms with Crippen LogP contribution in [-0.4, -0.2) is 17.1 Å². The SMILES string of the molecule is Cc1cc(NC2CC(N)C2)cnc1Cl. The fraction of sp³-hybridized carbons (Fsp3) is 0.500. The number of nitrogens with one attached hydrogen (secondary N) is 1. The van der Waals surface area contributed by atoms with E-state index in [0.29, 0.717) is 17.2 Å². The van der Waals surface area contributed by atoms with Crippen LogP contribution in [0.4, 0.5) is 5.69 Å². The molecule has 0 amide bonds. The molecule has 0 bridgehead atoms. The predicted molar refractivity (Wildman–Crippen MR) is 58.6 cm³/mol. The summed E-state index contributed by atoms with van der Waals surface area (Å²) in [5.41, 5.74) is 7.73. The first-order valence-electron chi connectivity index (χ1n) is 4.79. The van der Waals surface area contributed by atoms with Gasteiger partial charge in [-0.1, -0.05) is 11.6 Å². The molecule has 1 saturated carbocycles. The van der Waals surface area contributed by atoms with Crippen molar-refractivity contribution >= 4 is 17.3 Å². The van der Waals surface area contributed by atoms with E-state index in [4.69, 9.17) is 17.3 Å². The van der Waals surface area contributed by atoms with Gasteiger partial charge in [-0.25, -0.2) is 4.98 Å². The van der Waals surface area contributed by atoms with E-state index in [9.17, 15) is 0 Å². The minimum Gasteiger partial charge on any atom is -0.381 e. The second kappa shape index (κ2) is 3.75. The average Bonchev–Trinajstić information content (AvgIpc) is 2.09. The highest BCUT2D eigenvalue weighted by molar-refractivity contribution is 6.30. The largest absolute Gasteiger partial charge is 0.381 e. The van der Waals surface area contributed by atoms with Gasteiger partial charge in [0.25, 0.3) is 0 Å². The summed E-state index contributed by atoms with van der Waals surface area (Å²) in [6.07, 6.45) is 3.85. The zero-order chi connectivity index (χ0) is 10.1. The molecule has 0 saturated heterocycles. The zero-order valence-electron chi connectivity index (χ0n) is 8.13. The average molecular weight is 212 g/mol. The van der Waals surface area contributed by atoms with Gasteiger partial charge in [0.1, 0.15) is 5.15 Å². The fourth-order valence-electron chi connectivity index (χ4n) is 1.65. The molecular formula is C10H14ClN3. The number of halogens is 1. The molecule has 0 aromatic carbocycles. The molecular weight excluding hydrogens is 198 g/mol. The number of rotatable bonds is 2. The van der Waals surface area contributed by atoms with Crippen LogP contribution in [0.15, 0.2) is 12.3 Å². The van der Waals surface area contributed by atoms with Gasteiger partial charge < -0.3 is 11.1 Å². The molecule has 3 N–H and O–H groups in total. The number of aromatic nitrogens is 1. The zero-order valence-corrected chi connectivity index (χ0v) is 8.88. The van der Waals surface area contributed by atoms with Gasteiger partial charge in [-0.05, 0) is 31.4 Å². The van der Waals surface area contributed by atoms with Crippen molar-refractivity contribution in [2.45, 2.75) is 31.8 Å². The summed E-state index contributed by atoms with van der Waals surface area (Å²) >= 11 is 5.83. The molecule has 1 aromatic heterocycles. The van der Waals surface area contributed by atoms with Crippen LogP contribution >= 0.6 is 11.6 Å². The Balaban J connectivity index is 2.00. The van der Waals surface area contributed by atoms with E-state index in [1.807, 2.05) is 13.0 Å². The standard InChI is InChI=1S/C10H14ClN3/c1-6-2-9(5-13-10(6)11)14-8-3-7(12)4-8/h2,5,7-8,14H,3-4,12H2,1H3. The van der Waals surface area contributed by atoms with Crippen molar-refractivity contribution < 1.29 is 0 Å². The van der Waals surface area contributed by atoms with Gasteiger partial charge in [0.15, 0.2) is 0 Å². The van der Waals surface area contributed by atoms with Crippen LogP contribution in [0.2, 0.25) is 5.15 Å². The monoisotopic (exact) mass is 211 g/mol. The third kappa shape index (κ3) is 1.99. The first-order valence-corrected chi connectivity index (χ1v) is 5.17. The first kappa shape index (κ1) is 9.74. The topological polar surface area (TPSA) is 50.9 Å². The Bertz CT molecular complexity index is 334. The molecule has 14 heavy (non-hydrogen) atoms. The summed E-state index contributed by atoms with van der Waals surface area (Å²) in [4.78, 5) is 4.08. The Morgan fingerprint density at radius 2 is 2.29 bits per heavy atom. The summed E-state index contributed by atoms with van der Waals surface area (Å²) in [7, 11) is 0. The summed E-state index contributed by atoms with van der Waals surface area (Å²) in [5, 5.41) is 3.95. The summed E-state index contributed by atoms with van der Waals surface area (Å²) in [5.74, 6) is 0. The van der Waals surface area contributed by atoms with Gasteiger partial charge in [-0.15, -0.1) is 0 Å². The van der Waals surface area contributed by atoms with Crippen molar-refractivity contribution in [3.63, 3.8) is 0 Å². The normalized spacial score (nSPS) is 25.6. The van der Waals surface area contributed by atoms with E-state index in [0.717, 1.165) is 24.1 Å². The second-order valence-corrected chi connectivity index (χ2v) is 4.26. The van der Waals surface area contributed by atoms with Crippen LogP contribution in [0.1, 0.15) is 18.4 Å². The number of hydrogen-bond acceptors (Lipinski definition) is 3. The van der Waals surface area contributed by atoms with E-state index < -0.39 is 0 Å². The van der Waals surface area contributed by atoms with Crippen molar-refractivity contribution in [1.29, 1.82) is 0 Å². The second-order valence-electron chi connectivity index (χ2n) is 3.90. The lowest BCUT2D eigenvalue weighted by molar-refractivity contribution is 0.373. The number of hydrogen-bond donors (Lipinski definition) is 2. The molecule has 76 valence electrons. The molecule has 0 atom stereocenters. The molecule has 0 aliphatic heterocycles. The highest BCUT2D eigenvalue weighted by atomic mass is 35.5. The maximum Gasteiger partial charge on any atom is 0.132 e. The van der Waals surface area contributed by atoms with E-state index >= 15 is 0 Å². The van der Waals surface area contributed by atoms with Crippen LogP contribution in [0.5, 0.6) is 0 Å². The summed E-state index contributed by atoms with van der Waals surface area (Å²) in [6, 6.07) is 2.89. The molecule has 0 radical (unpaired) electrons. The predicted octanol–water partition coefficient (Wildman–Crippen LogP) is 1.95. The third-order valence-electron chi connectivity index (χ3n) is 2.56. The smallest absolute Gasteiger partial charge is 0.132 e. The van der Waals surface area contributed by atoms with Gasteiger partial charge >= 0.3 is 0 Å². The Kier molecular flexibility index (Phi) is 2.61. The lowest BCUT2D eigenvalue weighted by Crippen LogP contribution is -2.44. The van der Waals surface area contributed by atoms with Crippen LogP contribution < -0.4 is 11.1 Å². The lowest BCUT2D eigenvalue weighted by Gasteiger charge is -2.33. The number of anilines is 1. The van der Waals surface area contributed by atoms with Gasteiger partial charge in [0.2, 0.25) is 0 Å². The summed E-state index contributed by atoms with van der Waals surface area (Å²) in [6.45, 7) is 1.95. The van der Waals surface area contributed by atoms with E-state index in [-0.39, 0.29) is 0 Å². The van der Waals surface area contributed by atoms with Gasteiger partial charge in [-0.3, -0.25) is 0 Å². The molecule has 2 rings (SSSR count).